The average Bonchev–Trinajstić information content (AvgIpc) is 3.28. The van der Waals surface area contributed by atoms with Gasteiger partial charge in [0, 0.05) is 58.5 Å². The molecule has 15 unspecified atom stereocenters. The second-order valence-corrected chi connectivity index (χ2v) is 19.6. The molecule has 0 aromatic rings. The van der Waals surface area contributed by atoms with Gasteiger partial charge in [-0.2, -0.15) is 0 Å². The predicted molar refractivity (Wildman–Crippen MR) is 245 cm³/mol. The number of hydrogen-bond donors (Lipinski definition) is 3. The van der Waals surface area contributed by atoms with Gasteiger partial charge in [0.15, 0.2) is 11.6 Å². The van der Waals surface area contributed by atoms with Crippen LogP contribution in [0.25, 0.3) is 0 Å². The number of fused-ring (bicyclic) bond motifs is 3. The average molecular weight is 914 g/mol. The molecule has 4 rings (SSSR count). The van der Waals surface area contributed by atoms with Crippen molar-refractivity contribution in [1.29, 1.82) is 0 Å². The van der Waals surface area contributed by atoms with Gasteiger partial charge in [-0.05, 0) is 107 Å². The minimum absolute atomic E-state index is 0.0220. The summed E-state index contributed by atoms with van der Waals surface area (Å²) in [7, 11) is 4.53. The summed E-state index contributed by atoms with van der Waals surface area (Å²) in [6.45, 7) is 12.7. The van der Waals surface area contributed by atoms with Crippen LogP contribution in [0.3, 0.4) is 0 Å². The normalized spacial score (nSPS) is 38.6. The quantitative estimate of drug-likeness (QED) is 0.202. The summed E-state index contributed by atoms with van der Waals surface area (Å²) in [6, 6.07) is -1.14. The molecule has 2 bridgehead atoms. The van der Waals surface area contributed by atoms with Crippen LogP contribution in [0, 0.1) is 35.5 Å². The third-order valence-corrected chi connectivity index (χ3v) is 14.5. The zero-order valence-electron chi connectivity index (χ0n) is 40.6. The molecule has 14 nitrogen and oxygen atoms in total. The van der Waals surface area contributed by atoms with Gasteiger partial charge in [-0.15, -0.1) is 0 Å². The minimum atomic E-state index is -2.43. The second kappa shape index (κ2) is 25.1. The zero-order chi connectivity index (χ0) is 48.2. The van der Waals surface area contributed by atoms with Crippen LogP contribution in [-0.4, -0.2) is 132 Å². The summed E-state index contributed by atoms with van der Waals surface area (Å²) in [5.74, 6) is -7.93. The Labute approximate surface area is 387 Å². The smallest absolute Gasteiger partial charge is 0.329 e. The molecule has 1 aliphatic carbocycles. The number of rotatable bonds is 6. The van der Waals surface area contributed by atoms with Gasteiger partial charge in [0.05, 0.1) is 30.5 Å². The first-order valence-electron chi connectivity index (χ1n) is 23.9. The fraction of sp³-hybridized carbons (Fsp3) is 0.745. The second-order valence-electron chi connectivity index (χ2n) is 19.6. The van der Waals surface area contributed by atoms with Gasteiger partial charge in [-0.1, -0.05) is 71.1 Å². The number of ketones is 3. The van der Waals surface area contributed by atoms with Gasteiger partial charge >= 0.3 is 5.97 Å². The summed E-state index contributed by atoms with van der Waals surface area (Å²) < 4.78 is 29.4. The number of cyclic esters (lactones) is 1. The van der Waals surface area contributed by atoms with E-state index in [0.717, 1.165) is 12.0 Å². The number of carbonyl (C=O) groups excluding carboxylic acids is 5. The van der Waals surface area contributed by atoms with Crippen LogP contribution >= 0.6 is 0 Å². The SMILES string of the molecule is COC1CC2CCC(C)C(O)(O2)C(=O)C(=O)N2CCCCC2C(=O)OC(C(C)CC2CCC(O)C(OC)C2)CC(=O)/C(C)=C\C(C)C(O)C(OC)C(=O)C(C)CC(C)C=CC=CC=C1C. The Morgan fingerprint density at radius 3 is 2.26 bits per heavy atom. The molecule has 15 atom stereocenters. The molecular weight excluding hydrogens is 835 g/mol. The first-order chi connectivity index (χ1) is 30.7. The molecule has 4 aliphatic rings. The molecule has 65 heavy (non-hydrogen) atoms. The number of ether oxygens (including phenoxy) is 5. The first-order valence-corrected chi connectivity index (χ1v) is 23.9. The first kappa shape index (κ1) is 54.2. The van der Waals surface area contributed by atoms with Gasteiger partial charge in [0.2, 0.25) is 5.79 Å². The van der Waals surface area contributed by atoms with Crippen LogP contribution < -0.4 is 0 Å². The molecule has 3 fully saturated rings. The summed E-state index contributed by atoms with van der Waals surface area (Å²) in [6.07, 6.45) is 11.2. The van der Waals surface area contributed by atoms with Gasteiger partial charge in [-0.3, -0.25) is 19.2 Å². The van der Waals surface area contributed by atoms with E-state index >= 15 is 0 Å². The van der Waals surface area contributed by atoms with E-state index in [4.69, 9.17) is 23.7 Å². The number of methoxy groups -OCH3 is 3. The number of hydrogen-bond acceptors (Lipinski definition) is 13. The van der Waals surface area contributed by atoms with E-state index in [9.17, 15) is 39.3 Å². The number of aliphatic hydroxyl groups is 3. The summed E-state index contributed by atoms with van der Waals surface area (Å²) >= 11 is 0. The van der Waals surface area contributed by atoms with Crippen LogP contribution in [0.1, 0.15) is 126 Å². The predicted octanol–water partition coefficient (Wildman–Crippen LogP) is 6.18. The van der Waals surface area contributed by atoms with E-state index in [1.807, 2.05) is 58.1 Å². The number of amides is 1. The van der Waals surface area contributed by atoms with Crippen LogP contribution in [-0.2, 0) is 47.7 Å². The highest BCUT2D eigenvalue weighted by Gasteiger charge is 2.53. The molecule has 3 heterocycles. The lowest BCUT2D eigenvalue weighted by Gasteiger charge is -2.42. The van der Waals surface area contributed by atoms with Gasteiger partial charge in [-0.25, -0.2) is 4.79 Å². The fourth-order valence-corrected chi connectivity index (χ4v) is 10.1. The minimum Gasteiger partial charge on any atom is -0.460 e. The number of aliphatic hydroxyl groups excluding tert-OH is 2. The highest BCUT2D eigenvalue weighted by atomic mass is 16.6. The van der Waals surface area contributed by atoms with Gasteiger partial charge in [0.25, 0.3) is 11.7 Å². The maximum Gasteiger partial charge on any atom is 0.329 e. The van der Waals surface area contributed by atoms with Crippen molar-refractivity contribution in [2.24, 2.45) is 35.5 Å². The number of allylic oxidation sites excluding steroid dienone is 6. The van der Waals surface area contributed by atoms with E-state index in [2.05, 4.69) is 0 Å². The molecule has 3 N–H and O–H groups in total. The van der Waals surface area contributed by atoms with Crippen molar-refractivity contribution in [3.63, 3.8) is 0 Å². The maximum atomic E-state index is 14.4. The Hall–Kier alpha value is -3.37. The molecule has 0 aromatic carbocycles. The summed E-state index contributed by atoms with van der Waals surface area (Å²) in [5, 5.41) is 33.9. The van der Waals surface area contributed by atoms with Crippen molar-refractivity contribution in [1.82, 2.24) is 4.90 Å². The fourth-order valence-electron chi connectivity index (χ4n) is 10.1. The standard InChI is InChI=1S/C51H79NO13/c1-30-16-12-11-13-17-31(2)42(61-8)28-38-21-19-36(7)51(60,65-38)48(57)49(58)52-23-15-14-18-39(52)50(59)64-43(33(4)26-37-20-22-40(53)44(27-37)62-9)29-41(54)32(3)25-35(6)46(56)47(63-10)45(55)34(5)24-30/h11-13,16-17,25,30,33-40,42-44,46-47,53,56,60H,14-15,18-24,26-29H2,1-10H3/b13-11?,16-12?,31-17?,32-25-. The molecule has 1 amide bonds. The Balaban J connectivity index is 1.70. The number of piperidine rings is 1. The Morgan fingerprint density at radius 2 is 1.58 bits per heavy atom. The highest BCUT2D eigenvalue weighted by molar-refractivity contribution is 6.39. The Bertz CT molecular complexity index is 1760. The zero-order valence-corrected chi connectivity index (χ0v) is 40.6. The monoisotopic (exact) mass is 914 g/mol. The molecule has 0 spiro atoms. The topological polar surface area (TPSA) is 195 Å². The number of carbonyl (C=O) groups is 5. The summed E-state index contributed by atoms with van der Waals surface area (Å²) in [4.78, 5) is 71.7. The lowest BCUT2D eigenvalue weighted by Crippen LogP contribution is -2.61. The molecule has 0 radical (unpaired) electrons. The number of Topliss-reactive ketones (excluding diaryl/α,β-unsaturated/α-hetero) is 3. The lowest BCUT2D eigenvalue weighted by molar-refractivity contribution is -0.265. The van der Waals surface area contributed by atoms with Crippen molar-refractivity contribution >= 4 is 29.2 Å². The maximum absolute atomic E-state index is 14.4. The molecule has 0 aromatic heterocycles. The molecule has 3 aliphatic heterocycles. The van der Waals surface area contributed by atoms with Crippen LogP contribution in [0.15, 0.2) is 47.6 Å². The molecule has 14 heteroatoms. The van der Waals surface area contributed by atoms with Crippen molar-refractivity contribution in [2.75, 3.05) is 27.9 Å². The lowest BCUT2D eigenvalue weighted by atomic mass is 9.78. The van der Waals surface area contributed by atoms with Gasteiger partial charge < -0.3 is 43.9 Å². The van der Waals surface area contributed by atoms with E-state index in [0.29, 0.717) is 63.4 Å². The number of esters is 1. The van der Waals surface area contributed by atoms with Crippen molar-refractivity contribution in [3.05, 3.63) is 47.6 Å². The van der Waals surface area contributed by atoms with Crippen molar-refractivity contribution in [3.8, 4) is 0 Å². The third-order valence-electron chi connectivity index (χ3n) is 14.5. The van der Waals surface area contributed by atoms with E-state index in [1.165, 1.54) is 12.0 Å². The number of nitrogens with zero attached hydrogens (tertiary/aromatic N) is 1. The third kappa shape index (κ3) is 14.3. The molecular formula is C51H79NO13. The largest absolute Gasteiger partial charge is 0.460 e. The van der Waals surface area contributed by atoms with E-state index < -0.39 is 83.9 Å². The van der Waals surface area contributed by atoms with Crippen molar-refractivity contribution in [2.45, 2.75) is 180 Å². The van der Waals surface area contributed by atoms with E-state index in [-0.39, 0.29) is 54.8 Å². The van der Waals surface area contributed by atoms with Crippen LogP contribution in [0.5, 0.6) is 0 Å². The van der Waals surface area contributed by atoms with E-state index in [1.54, 1.807) is 41.1 Å². The Morgan fingerprint density at radius 1 is 0.862 bits per heavy atom. The van der Waals surface area contributed by atoms with Crippen LogP contribution in [0.2, 0.25) is 0 Å². The highest BCUT2D eigenvalue weighted by Crippen LogP contribution is 2.38. The summed E-state index contributed by atoms with van der Waals surface area (Å²) in [5.41, 5.74) is 1.19. The van der Waals surface area contributed by atoms with Crippen LogP contribution in [0.4, 0.5) is 0 Å². The molecule has 1 saturated carbocycles. The Kier molecular flexibility index (Phi) is 21.0. The van der Waals surface area contributed by atoms with Crippen molar-refractivity contribution < 1.29 is 63.0 Å². The van der Waals surface area contributed by atoms with Gasteiger partial charge in [0.1, 0.15) is 18.2 Å². The molecule has 2 saturated heterocycles. The molecule has 366 valence electrons.